The molecule has 0 radical (unpaired) electrons. The largest absolute Gasteiger partial charge is 0.332 e. The lowest BCUT2D eigenvalue weighted by Gasteiger charge is -2.18. The molecule has 3 aromatic carbocycles. The van der Waals surface area contributed by atoms with E-state index in [1.807, 2.05) is 30.3 Å². The van der Waals surface area contributed by atoms with Gasteiger partial charge < -0.3 is 10.2 Å². The van der Waals surface area contributed by atoms with Gasteiger partial charge in [0.25, 0.3) is 11.8 Å². The molecule has 0 bridgehead atoms. The summed E-state index contributed by atoms with van der Waals surface area (Å²) in [6.45, 7) is 0. The van der Waals surface area contributed by atoms with Gasteiger partial charge in [0.05, 0.1) is 0 Å². The van der Waals surface area contributed by atoms with E-state index in [2.05, 4.69) is 26.6 Å². The lowest BCUT2D eigenvalue weighted by atomic mass is 10.1. The molecule has 29 heavy (non-hydrogen) atoms. The van der Waals surface area contributed by atoms with E-state index < -0.39 is 0 Å². The molecule has 0 fully saturated rings. The second-order valence-electron chi connectivity index (χ2n) is 6.20. The number of thiocarbonyl (C=S) groups is 1. The fraction of sp³-hybridized carbons (Fsp3) is 0.0455. The molecule has 0 aliphatic carbocycles. The molecule has 0 aliphatic heterocycles. The van der Waals surface area contributed by atoms with Crippen LogP contribution in [0.5, 0.6) is 0 Å². The van der Waals surface area contributed by atoms with Crippen LogP contribution in [0.2, 0.25) is 0 Å². The smallest absolute Gasteiger partial charge is 0.258 e. The number of benzene rings is 3. The maximum atomic E-state index is 12.8. The standard InChI is InChI=1S/C22H18BrN3O2S/c1-26(19-8-3-2-4-9-19)21(28)16-6-5-7-18(14-16)24-22(29)25-20(27)15-10-12-17(23)13-11-15/h2-14H,1H3,(H2,24,25,27,29). The predicted octanol–water partition coefficient (Wildman–Crippen LogP) is 4.85. The number of carbonyl (C=O) groups excluding carboxylic acids is 2. The van der Waals surface area contributed by atoms with Crippen LogP contribution in [0, 0.1) is 0 Å². The summed E-state index contributed by atoms with van der Waals surface area (Å²) in [5.74, 6) is -0.462. The van der Waals surface area contributed by atoms with Crippen LogP contribution >= 0.6 is 28.1 Å². The predicted molar refractivity (Wildman–Crippen MR) is 123 cm³/mol. The molecule has 0 spiro atoms. The van der Waals surface area contributed by atoms with Crippen LogP contribution in [-0.2, 0) is 0 Å². The molecule has 146 valence electrons. The van der Waals surface area contributed by atoms with Gasteiger partial charge in [-0.25, -0.2) is 0 Å². The van der Waals surface area contributed by atoms with Gasteiger partial charge in [0, 0.05) is 34.0 Å². The normalized spacial score (nSPS) is 10.1. The molecule has 3 rings (SSSR count). The monoisotopic (exact) mass is 467 g/mol. The molecule has 5 nitrogen and oxygen atoms in total. The Morgan fingerprint density at radius 1 is 0.897 bits per heavy atom. The first-order valence-electron chi connectivity index (χ1n) is 8.75. The topological polar surface area (TPSA) is 61.4 Å². The molecule has 0 unspecified atom stereocenters. The van der Waals surface area contributed by atoms with Crippen molar-refractivity contribution in [2.24, 2.45) is 0 Å². The highest BCUT2D eigenvalue weighted by atomic mass is 79.9. The Hall–Kier alpha value is -3.03. The van der Waals surface area contributed by atoms with E-state index in [9.17, 15) is 9.59 Å². The summed E-state index contributed by atoms with van der Waals surface area (Å²) in [5, 5.41) is 5.73. The van der Waals surface area contributed by atoms with E-state index in [-0.39, 0.29) is 16.9 Å². The van der Waals surface area contributed by atoms with Crippen molar-refractivity contribution in [3.05, 3.63) is 94.5 Å². The Balaban J connectivity index is 1.66. The zero-order valence-electron chi connectivity index (χ0n) is 15.6. The lowest BCUT2D eigenvalue weighted by molar-refractivity contribution is 0.0974. The molecule has 0 heterocycles. The maximum Gasteiger partial charge on any atom is 0.258 e. The summed E-state index contributed by atoms with van der Waals surface area (Å²) in [6.07, 6.45) is 0. The van der Waals surface area contributed by atoms with Gasteiger partial charge in [-0.3, -0.25) is 14.9 Å². The number of amides is 2. The van der Waals surface area contributed by atoms with Crippen molar-refractivity contribution >= 4 is 56.4 Å². The van der Waals surface area contributed by atoms with Gasteiger partial charge in [-0.1, -0.05) is 40.2 Å². The van der Waals surface area contributed by atoms with Gasteiger partial charge in [-0.15, -0.1) is 0 Å². The number of anilines is 2. The molecule has 3 aromatic rings. The number of halogens is 1. The van der Waals surface area contributed by atoms with E-state index in [4.69, 9.17) is 12.2 Å². The first kappa shape index (κ1) is 20.7. The van der Waals surface area contributed by atoms with Gasteiger partial charge in [0.15, 0.2) is 5.11 Å². The van der Waals surface area contributed by atoms with E-state index >= 15 is 0 Å². The first-order chi connectivity index (χ1) is 13.9. The van der Waals surface area contributed by atoms with Crippen LogP contribution in [0.4, 0.5) is 11.4 Å². The SMILES string of the molecule is CN(C(=O)c1cccc(NC(=S)NC(=O)c2ccc(Br)cc2)c1)c1ccccc1. The third-order valence-corrected chi connectivity index (χ3v) is 4.88. The maximum absolute atomic E-state index is 12.8. The Morgan fingerprint density at radius 3 is 2.28 bits per heavy atom. The second-order valence-corrected chi connectivity index (χ2v) is 7.52. The molecule has 2 amide bonds. The highest BCUT2D eigenvalue weighted by molar-refractivity contribution is 9.10. The fourth-order valence-electron chi connectivity index (χ4n) is 2.63. The summed E-state index contributed by atoms with van der Waals surface area (Å²) in [7, 11) is 1.72. The number of hydrogen-bond donors (Lipinski definition) is 2. The Bertz CT molecular complexity index is 1040. The lowest BCUT2D eigenvalue weighted by Crippen LogP contribution is -2.34. The minimum absolute atomic E-state index is 0.148. The third-order valence-electron chi connectivity index (χ3n) is 4.15. The highest BCUT2D eigenvalue weighted by Gasteiger charge is 2.14. The summed E-state index contributed by atoms with van der Waals surface area (Å²) in [5.41, 5.74) is 2.40. The Kier molecular flexibility index (Phi) is 6.74. The van der Waals surface area contributed by atoms with E-state index in [1.165, 1.54) is 0 Å². The molecular weight excluding hydrogens is 450 g/mol. The van der Waals surface area contributed by atoms with Gasteiger partial charge in [0.2, 0.25) is 0 Å². The average Bonchev–Trinajstić information content (AvgIpc) is 2.73. The molecule has 0 aromatic heterocycles. The Labute approximate surface area is 182 Å². The summed E-state index contributed by atoms with van der Waals surface area (Å²) < 4.78 is 0.886. The number of nitrogens with one attached hydrogen (secondary N) is 2. The van der Waals surface area contributed by atoms with Gasteiger partial charge in [0.1, 0.15) is 0 Å². The zero-order chi connectivity index (χ0) is 20.8. The van der Waals surface area contributed by atoms with Crippen LogP contribution in [0.1, 0.15) is 20.7 Å². The Morgan fingerprint density at radius 2 is 1.59 bits per heavy atom. The average molecular weight is 468 g/mol. The summed E-state index contributed by atoms with van der Waals surface area (Å²) in [6, 6.07) is 23.3. The van der Waals surface area contributed by atoms with Crippen LogP contribution < -0.4 is 15.5 Å². The van der Waals surface area contributed by atoms with Crippen molar-refractivity contribution in [1.29, 1.82) is 0 Å². The van der Waals surface area contributed by atoms with Crippen LogP contribution in [0.15, 0.2) is 83.3 Å². The third kappa shape index (κ3) is 5.49. The number of para-hydroxylation sites is 1. The van der Waals surface area contributed by atoms with E-state index in [0.29, 0.717) is 16.8 Å². The quantitative estimate of drug-likeness (QED) is 0.538. The number of nitrogens with zero attached hydrogens (tertiary/aromatic N) is 1. The highest BCUT2D eigenvalue weighted by Crippen LogP contribution is 2.17. The van der Waals surface area contributed by atoms with Gasteiger partial charge >= 0.3 is 0 Å². The van der Waals surface area contributed by atoms with Crippen LogP contribution in [-0.4, -0.2) is 24.0 Å². The zero-order valence-corrected chi connectivity index (χ0v) is 18.0. The molecular formula is C22H18BrN3O2S. The van der Waals surface area contributed by atoms with Gasteiger partial charge in [-0.05, 0) is 66.8 Å². The van der Waals surface area contributed by atoms with Crippen molar-refractivity contribution < 1.29 is 9.59 Å². The molecule has 0 atom stereocenters. The number of rotatable bonds is 4. The van der Waals surface area contributed by atoms with Crippen LogP contribution in [0.25, 0.3) is 0 Å². The number of carbonyl (C=O) groups is 2. The van der Waals surface area contributed by atoms with Crippen LogP contribution in [0.3, 0.4) is 0 Å². The first-order valence-corrected chi connectivity index (χ1v) is 9.95. The van der Waals surface area contributed by atoms with Gasteiger partial charge in [-0.2, -0.15) is 0 Å². The minimum Gasteiger partial charge on any atom is -0.332 e. The van der Waals surface area contributed by atoms with E-state index in [1.54, 1.807) is 60.5 Å². The van der Waals surface area contributed by atoms with Crippen molar-refractivity contribution in [2.45, 2.75) is 0 Å². The van der Waals surface area contributed by atoms with Crippen molar-refractivity contribution in [2.75, 3.05) is 17.3 Å². The number of hydrogen-bond acceptors (Lipinski definition) is 3. The minimum atomic E-state index is -0.314. The van der Waals surface area contributed by atoms with E-state index in [0.717, 1.165) is 10.2 Å². The van der Waals surface area contributed by atoms with Crippen molar-refractivity contribution in [3.63, 3.8) is 0 Å². The molecule has 0 saturated heterocycles. The molecule has 0 saturated carbocycles. The molecule has 2 N–H and O–H groups in total. The molecule has 7 heteroatoms. The molecule has 0 aliphatic rings. The second kappa shape index (κ2) is 9.45. The fourth-order valence-corrected chi connectivity index (χ4v) is 3.11. The van der Waals surface area contributed by atoms with Crippen molar-refractivity contribution in [1.82, 2.24) is 5.32 Å². The summed E-state index contributed by atoms with van der Waals surface area (Å²) in [4.78, 5) is 26.6. The summed E-state index contributed by atoms with van der Waals surface area (Å²) >= 11 is 8.56. The van der Waals surface area contributed by atoms with Crippen molar-refractivity contribution in [3.8, 4) is 0 Å².